The number of nitrogens with one attached hydrogen (secondary N) is 1. The zero-order valence-electron chi connectivity index (χ0n) is 20.8. The summed E-state index contributed by atoms with van der Waals surface area (Å²) in [6, 6.07) is 4.15. The van der Waals surface area contributed by atoms with Crippen LogP contribution in [-0.2, 0) is 4.79 Å². The molecule has 2 fully saturated rings. The highest BCUT2D eigenvalue weighted by Gasteiger charge is 2.25. The topological polar surface area (TPSA) is 47.6 Å². The summed E-state index contributed by atoms with van der Waals surface area (Å²) in [5.74, 6) is -1.56. The number of benzene rings is 1. The molecule has 0 spiro atoms. The summed E-state index contributed by atoms with van der Waals surface area (Å²) >= 11 is 0. The van der Waals surface area contributed by atoms with E-state index in [0.717, 1.165) is 0 Å². The predicted molar refractivity (Wildman–Crippen MR) is 76.2 cm³/mol. The van der Waals surface area contributed by atoms with E-state index < -0.39 is 49.9 Å². The SMILES string of the molecule is [2H]C1([2H])NC(=O)CC1c1ccc(OC)c(OC2C([2H])([2H])C([2H])([2H])C([2H])([2H])C2([2H])[2H])c1. The molecule has 1 amide bonds. The highest BCUT2D eigenvalue weighted by atomic mass is 16.5. The average Bonchev–Trinajstić information content (AvgIpc) is 2.93. The third-order valence-corrected chi connectivity index (χ3v) is 3.08. The Morgan fingerprint density at radius 3 is 2.75 bits per heavy atom. The van der Waals surface area contributed by atoms with Gasteiger partial charge in [-0.1, -0.05) is 6.07 Å². The molecule has 0 bridgehead atoms. The third-order valence-electron chi connectivity index (χ3n) is 3.08. The molecular weight excluding hydrogens is 254 g/mol. The van der Waals surface area contributed by atoms with Crippen molar-refractivity contribution in [3.05, 3.63) is 23.8 Å². The van der Waals surface area contributed by atoms with Gasteiger partial charge in [-0.3, -0.25) is 4.79 Å². The Balaban J connectivity index is 2.05. The molecule has 1 aromatic carbocycles. The van der Waals surface area contributed by atoms with E-state index >= 15 is 0 Å². The average molecular weight is 285 g/mol. The van der Waals surface area contributed by atoms with Gasteiger partial charge >= 0.3 is 0 Å². The quantitative estimate of drug-likeness (QED) is 0.925. The summed E-state index contributed by atoms with van der Waals surface area (Å²) in [6.45, 7) is -2.05. The maximum Gasteiger partial charge on any atom is 0.220 e. The van der Waals surface area contributed by atoms with E-state index in [4.69, 9.17) is 23.2 Å². The molecule has 4 nitrogen and oxygen atoms in total. The molecular formula is C16H21NO3. The Labute approximate surface area is 133 Å². The van der Waals surface area contributed by atoms with Crippen molar-refractivity contribution in [3.63, 3.8) is 0 Å². The van der Waals surface area contributed by atoms with Crippen LogP contribution in [0.4, 0.5) is 0 Å². The molecule has 0 aromatic heterocycles. The van der Waals surface area contributed by atoms with Crippen LogP contribution in [0, 0.1) is 0 Å². The number of hydrogen-bond acceptors (Lipinski definition) is 3. The van der Waals surface area contributed by atoms with Gasteiger partial charge in [-0.05, 0) is 43.2 Å². The van der Waals surface area contributed by atoms with E-state index in [1.54, 1.807) is 0 Å². The molecule has 1 aromatic rings. The Morgan fingerprint density at radius 1 is 1.30 bits per heavy atom. The fourth-order valence-corrected chi connectivity index (χ4v) is 2.08. The molecule has 2 aliphatic rings. The highest BCUT2D eigenvalue weighted by molar-refractivity contribution is 5.79. The first-order valence-corrected chi connectivity index (χ1v) is 6.16. The number of carbonyl (C=O) groups excluding carboxylic acids is 1. The van der Waals surface area contributed by atoms with E-state index in [1.807, 2.05) is 0 Å². The minimum atomic E-state index is -3.20. The molecule has 1 atom stereocenters. The van der Waals surface area contributed by atoms with Crippen molar-refractivity contribution in [3.8, 4) is 11.5 Å². The lowest BCUT2D eigenvalue weighted by atomic mass is 9.98. The van der Waals surface area contributed by atoms with Crippen molar-refractivity contribution in [2.75, 3.05) is 13.6 Å². The molecule has 1 heterocycles. The predicted octanol–water partition coefficient (Wildman–Crippen LogP) is 2.62. The molecule has 3 rings (SSSR count). The van der Waals surface area contributed by atoms with Crippen molar-refractivity contribution in [1.29, 1.82) is 0 Å². The summed E-state index contributed by atoms with van der Waals surface area (Å²) in [5, 5.41) is 2.21. The van der Waals surface area contributed by atoms with Gasteiger partial charge in [-0.2, -0.15) is 0 Å². The minimum Gasteiger partial charge on any atom is -0.493 e. The van der Waals surface area contributed by atoms with Crippen LogP contribution < -0.4 is 14.8 Å². The maximum atomic E-state index is 11.7. The first-order chi connectivity index (χ1) is 13.5. The molecule has 20 heavy (non-hydrogen) atoms. The van der Waals surface area contributed by atoms with E-state index in [9.17, 15) is 4.79 Å². The largest absolute Gasteiger partial charge is 0.493 e. The second-order valence-corrected chi connectivity index (χ2v) is 4.40. The zero-order valence-corrected chi connectivity index (χ0v) is 10.8. The number of carbonyl (C=O) groups is 1. The van der Waals surface area contributed by atoms with Crippen molar-refractivity contribution >= 4 is 5.91 Å². The molecule has 0 radical (unpaired) electrons. The Bertz CT molecular complexity index is 847. The second-order valence-electron chi connectivity index (χ2n) is 4.40. The molecule has 1 aliphatic heterocycles. The molecule has 1 N–H and O–H groups in total. The Kier molecular flexibility index (Phi) is 1.71. The molecule has 108 valence electrons. The number of hydrogen-bond donors (Lipinski definition) is 1. The van der Waals surface area contributed by atoms with Crippen LogP contribution in [0.15, 0.2) is 18.2 Å². The van der Waals surface area contributed by atoms with Crippen molar-refractivity contribution < 1.29 is 28.0 Å². The fourth-order valence-electron chi connectivity index (χ4n) is 2.08. The monoisotopic (exact) mass is 285 g/mol. The lowest BCUT2D eigenvalue weighted by Crippen LogP contribution is -2.14. The fraction of sp³-hybridized carbons (Fsp3) is 0.562. The number of rotatable bonds is 4. The molecule has 1 saturated carbocycles. The Hall–Kier alpha value is -1.71. The van der Waals surface area contributed by atoms with Gasteiger partial charge in [0.15, 0.2) is 11.5 Å². The lowest BCUT2D eigenvalue weighted by molar-refractivity contribution is -0.119. The van der Waals surface area contributed by atoms with Crippen LogP contribution in [0.5, 0.6) is 11.5 Å². The van der Waals surface area contributed by atoms with Crippen LogP contribution in [0.3, 0.4) is 0 Å². The number of methoxy groups -OCH3 is 1. The normalized spacial score (nSPS) is 42.9. The maximum absolute atomic E-state index is 11.7. The lowest BCUT2D eigenvalue weighted by Gasteiger charge is -2.18. The number of amides is 1. The van der Waals surface area contributed by atoms with E-state index in [2.05, 4.69) is 5.32 Å². The first-order valence-electron chi connectivity index (χ1n) is 11.2. The second kappa shape index (κ2) is 5.73. The van der Waals surface area contributed by atoms with Gasteiger partial charge < -0.3 is 14.8 Å². The zero-order chi connectivity index (χ0) is 22.9. The van der Waals surface area contributed by atoms with Gasteiger partial charge in [0.05, 0.1) is 13.2 Å². The van der Waals surface area contributed by atoms with Gasteiger partial charge in [0.1, 0.15) is 0 Å². The molecule has 4 heteroatoms. The van der Waals surface area contributed by atoms with Gasteiger partial charge in [0, 0.05) is 32.5 Å². The van der Waals surface area contributed by atoms with Gasteiger partial charge in [0.25, 0.3) is 0 Å². The molecule has 1 aliphatic carbocycles. The minimum absolute atomic E-state index is 0.0382. The molecule has 1 unspecified atom stereocenters. The van der Waals surface area contributed by atoms with Crippen LogP contribution in [-0.4, -0.2) is 25.6 Å². The van der Waals surface area contributed by atoms with Crippen LogP contribution in [0.2, 0.25) is 0 Å². The van der Waals surface area contributed by atoms with Crippen LogP contribution in [0.1, 0.15) is 57.1 Å². The van der Waals surface area contributed by atoms with Crippen molar-refractivity contribution in [2.45, 2.75) is 43.9 Å². The van der Waals surface area contributed by atoms with E-state index in [0.29, 0.717) is 5.56 Å². The van der Waals surface area contributed by atoms with Crippen LogP contribution >= 0.6 is 0 Å². The summed E-state index contributed by atoms with van der Waals surface area (Å²) in [7, 11) is 1.28. The standard InChI is InChI=1S/C16H21NO3/c1-19-14-7-6-11(12-9-16(18)17-10-12)8-15(14)20-13-4-2-3-5-13/h6-8,12-13H,2-5,9-10H2,1H3,(H,17,18)/i2D2,3D2,4D2,5D2,10D2. The number of ether oxygens (including phenoxy) is 2. The summed E-state index contributed by atoms with van der Waals surface area (Å²) in [5.41, 5.74) is 0.305. The highest BCUT2D eigenvalue weighted by Crippen LogP contribution is 2.35. The van der Waals surface area contributed by atoms with Crippen molar-refractivity contribution in [2.24, 2.45) is 0 Å². The molecule has 1 saturated heterocycles. The van der Waals surface area contributed by atoms with Gasteiger partial charge in [-0.25, -0.2) is 0 Å². The van der Waals surface area contributed by atoms with Crippen molar-refractivity contribution in [1.82, 2.24) is 5.32 Å². The smallest absolute Gasteiger partial charge is 0.220 e. The summed E-state index contributed by atoms with van der Waals surface area (Å²) < 4.78 is 90.4. The van der Waals surface area contributed by atoms with Gasteiger partial charge in [0.2, 0.25) is 5.91 Å². The summed E-state index contributed by atoms with van der Waals surface area (Å²) in [4.78, 5) is 11.7. The Morgan fingerprint density at radius 2 is 2.10 bits per heavy atom. The summed E-state index contributed by atoms with van der Waals surface area (Å²) in [6.07, 6.45) is -14.8. The van der Waals surface area contributed by atoms with Crippen LogP contribution in [0.25, 0.3) is 0 Å². The third kappa shape index (κ3) is 2.74. The van der Waals surface area contributed by atoms with Gasteiger partial charge in [-0.15, -0.1) is 0 Å². The van der Waals surface area contributed by atoms with E-state index in [1.165, 1.54) is 25.3 Å². The van der Waals surface area contributed by atoms with E-state index in [-0.39, 0.29) is 17.9 Å². The first kappa shape index (κ1) is 5.96.